The lowest BCUT2D eigenvalue weighted by Crippen LogP contribution is -2.42. The third-order valence-electron chi connectivity index (χ3n) is 4.63. The molecule has 1 aromatic carbocycles. The van der Waals surface area contributed by atoms with Crippen molar-refractivity contribution in [3.8, 4) is 0 Å². The minimum Gasteiger partial charge on any atom is -0.330 e. The Kier molecular flexibility index (Phi) is 5.37. The van der Waals surface area contributed by atoms with E-state index in [-0.39, 0.29) is 5.91 Å². The fourth-order valence-electron chi connectivity index (χ4n) is 3.41. The van der Waals surface area contributed by atoms with Crippen molar-refractivity contribution < 1.29 is 4.79 Å². The van der Waals surface area contributed by atoms with E-state index >= 15 is 0 Å². The van der Waals surface area contributed by atoms with E-state index in [2.05, 4.69) is 10.2 Å². The summed E-state index contributed by atoms with van der Waals surface area (Å²) in [6.45, 7) is 5.18. The molecule has 1 amide bonds. The largest absolute Gasteiger partial charge is 0.330 e. The molecule has 0 bridgehead atoms. The quantitative estimate of drug-likeness (QED) is 0.874. The second-order valence-corrected chi connectivity index (χ2v) is 6.22. The van der Waals surface area contributed by atoms with Gasteiger partial charge in [0.2, 0.25) is 5.91 Å². The van der Waals surface area contributed by atoms with Gasteiger partial charge in [-0.15, -0.1) is 0 Å². The molecule has 4 heteroatoms. The van der Waals surface area contributed by atoms with Gasteiger partial charge in [0.05, 0.1) is 6.54 Å². The van der Waals surface area contributed by atoms with Crippen molar-refractivity contribution in [1.82, 2.24) is 4.90 Å². The summed E-state index contributed by atoms with van der Waals surface area (Å²) in [7, 11) is 2.03. The van der Waals surface area contributed by atoms with Crippen LogP contribution in [0.5, 0.6) is 0 Å². The number of rotatable bonds is 5. The van der Waals surface area contributed by atoms with Crippen LogP contribution < -0.4 is 11.1 Å². The predicted octanol–water partition coefficient (Wildman–Crippen LogP) is 2.30. The number of benzene rings is 1. The molecule has 0 aromatic heterocycles. The number of para-hydroxylation sites is 1. The highest BCUT2D eigenvalue weighted by atomic mass is 16.2. The number of aryl methyl sites for hydroxylation is 2. The van der Waals surface area contributed by atoms with Gasteiger partial charge in [0.25, 0.3) is 0 Å². The third-order valence-corrected chi connectivity index (χ3v) is 4.63. The Labute approximate surface area is 127 Å². The lowest BCUT2D eigenvalue weighted by molar-refractivity contribution is -0.117. The van der Waals surface area contributed by atoms with Gasteiger partial charge >= 0.3 is 0 Å². The summed E-state index contributed by atoms with van der Waals surface area (Å²) in [5.41, 5.74) is 8.98. The molecule has 2 rings (SSSR count). The SMILES string of the molecule is Cc1cccc(C)c1NC(=O)CN(C)C1CCCC1CN. The molecule has 0 aliphatic heterocycles. The number of hydrogen-bond acceptors (Lipinski definition) is 3. The van der Waals surface area contributed by atoms with E-state index in [0.717, 1.165) is 23.2 Å². The highest BCUT2D eigenvalue weighted by Crippen LogP contribution is 2.28. The second kappa shape index (κ2) is 7.05. The zero-order chi connectivity index (χ0) is 15.4. The van der Waals surface area contributed by atoms with Gasteiger partial charge in [-0.2, -0.15) is 0 Å². The van der Waals surface area contributed by atoms with E-state index in [1.807, 2.05) is 39.1 Å². The molecule has 0 spiro atoms. The summed E-state index contributed by atoms with van der Waals surface area (Å²) in [4.78, 5) is 14.5. The van der Waals surface area contributed by atoms with Crippen LogP contribution in [-0.4, -0.2) is 37.0 Å². The molecule has 0 radical (unpaired) electrons. The Bertz CT molecular complexity index is 481. The first-order valence-corrected chi connectivity index (χ1v) is 7.79. The van der Waals surface area contributed by atoms with E-state index in [1.165, 1.54) is 12.8 Å². The van der Waals surface area contributed by atoms with Gasteiger partial charge in [-0.1, -0.05) is 24.6 Å². The van der Waals surface area contributed by atoms with Crippen LogP contribution in [0.3, 0.4) is 0 Å². The van der Waals surface area contributed by atoms with E-state index in [4.69, 9.17) is 5.73 Å². The smallest absolute Gasteiger partial charge is 0.238 e. The minimum absolute atomic E-state index is 0.0533. The Morgan fingerprint density at radius 2 is 2.00 bits per heavy atom. The predicted molar refractivity (Wildman–Crippen MR) is 87.4 cm³/mol. The molecule has 0 saturated heterocycles. The molecular weight excluding hydrogens is 262 g/mol. The van der Waals surface area contributed by atoms with Crippen LogP contribution in [-0.2, 0) is 4.79 Å². The highest BCUT2D eigenvalue weighted by molar-refractivity contribution is 5.93. The van der Waals surface area contributed by atoms with Gasteiger partial charge in [0.15, 0.2) is 0 Å². The van der Waals surface area contributed by atoms with Crippen molar-refractivity contribution in [2.45, 2.75) is 39.2 Å². The maximum Gasteiger partial charge on any atom is 0.238 e. The number of nitrogens with zero attached hydrogens (tertiary/aromatic N) is 1. The second-order valence-electron chi connectivity index (χ2n) is 6.22. The van der Waals surface area contributed by atoms with Crippen molar-refractivity contribution in [1.29, 1.82) is 0 Å². The Balaban J connectivity index is 1.95. The molecule has 1 aliphatic rings. The third kappa shape index (κ3) is 3.83. The van der Waals surface area contributed by atoms with Crippen molar-refractivity contribution in [2.24, 2.45) is 11.7 Å². The van der Waals surface area contributed by atoms with Crippen LogP contribution in [0.4, 0.5) is 5.69 Å². The molecular formula is C17H27N3O. The molecule has 0 heterocycles. The first-order chi connectivity index (χ1) is 10.0. The first-order valence-electron chi connectivity index (χ1n) is 7.79. The van der Waals surface area contributed by atoms with Gasteiger partial charge in [-0.05, 0) is 57.3 Å². The van der Waals surface area contributed by atoms with Gasteiger partial charge in [-0.25, -0.2) is 0 Å². The van der Waals surface area contributed by atoms with Gasteiger partial charge < -0.3 is 11.1 Å². The molecule has 1 aromatic rings. The van der Waals surface area contributed by atoms with Crippen molar-refractivity contribution in [3.63, 3.8) is 0 Å². The van der Waals surface area contributed by atoms with Crippen molar-refractivity contribution in [2.75, 3.05) is 25.5 Å². The highest BCUT2D eigenvalue weighted by Gasteiger charge is 2.30. The monoisotopic (exact) mass is 289 g/mol. The topological polar surface area (TPSA) is 58.4 Å². The van der Waals surface area contributed by atoms with Crippen LogP contribution in [0.2, 0.25) is 0 Å². The van der Waals surface area contributed by atoms with Crippen LogP contribution >= 0.6 is 0 Å². The number of anilines is 1. The minimum atomic E-state index is 0.0533. The lowest BCUT2D eigenvalue weighted by atomic mass is 10.0. The number of nitrogens with two attached hydrogens (primary N) is 1. The summed E-state index contributed by atoms with van der Waals surface area (Å²) in [5.74, 6) is 0.584. The average Bonchev–Trinajstić information content (AvgIpc) is 2.91. The zero-order valence-corrected chi connectivity index (χ0v) is 13.4. The fraction of sp³-hybridized carbons (Fsp3) is 0.588. The van der Waals surface area contributed by atoms with Crippen LogP contribution in [0.1, 0.15) is 30.4 Å². The number of amides is 1. The molecule has 1 aliphatic carbocycles. The summed E-state index contributed by atoms with van der Waals surface area (Å²) in [6.07, 6.45) is 3.55. The Morgan fingerprint density at radius 1 is 1.33 bits per heavy atom. The van der Waals surface area contributed by atoms with Gasteiger partial charge in [0.1, 0.15) is 0 Å². The van der Waals surface area contributed by atoms with E-state index in [9.17, 15) is 4.79 Å². The molecule has 3 N–H and O–H groups in total. The number of carbonyl (C=O) groups is 1. The standard InChI is InChI=1S/C17H27N3O/c1-12-6-4-7-13(2)17(12)19-16(21)11-20(3)15-9-5-8-14(15)10-18/h4,6-7,14-15H,5,8-11,18H2,1-3H3,(H,19,21). The van der Waals surface area contributed by atoms with Crippen LogP contribution in [0.25, 0.3) is 0 Å². The zero-order valence-electron chi connectivity index (χ0n) is 13.4. The van der Waals surface area contributed by atoms with E-state index in [1.54, 1.807) is 0 Å². The summed E-state index contributed by atoms with van der Waals surface area (Å²) >= 11 is 0. The normalized spacial score (nSPS) is 21.8. The van der Waals surface area contributed by atoms with Crippen LogP contribution in [0, 0.1) is 19.8 Å². The Morgan fingerprint density at radius 3 is 2.62 bits per heavy atom. The molecule has 116 valence electrons. The fourth-order valence-corrected chi connectivity index (χ4v) is 3.41. The summed E-state index contributed by atoms with van der Waals surface area (Å²) in [5, 5.41) is 3.05. The molecule has 4 nitrogen and oxygen atoms in total. The van der Waals surface area contributed by atoms with Gasteiger partial charge in [-0.3, -0.25) is 9.69 Å². The average molecular weight is 289 g/mol. The number of nitrogens with one attached hydrogen (secondary N) is 1. The molecule has 2 atom stereocenters. The van der Waals surface area contributed by atoms with Gasteiger partial charge in [0, 0.05) is 11.7 Å². The Hall–Kier alpha value is -1.39. The van der Waals surface area contributed by atoms with Crippen LogP contribution in [0.15, 0.2) is 18.2 Å². The number of hydrogen-bond donors (Lipinski definition) is 2. The number of carbonyl (C=O) groups excluding carboxylic acids is 1. The maximum atomic E-state index is 12.3. The summed E-state index contributed by atoms with van der Waals surface area (Å²) < 4.78 is 0. The van der Waals surface area contributed by atoms with Crippen molar-refractivity contribution in [3.05, 3.63) is 29.3 Å². The van der Waals surface area contributed by atoms with Crippen molar-refractivity contribution >= 4 is 11.6 Å². The van der Waals surface area contributed by atoms with E-state index < -0.39 is 0 Å². The molecule has 21 heavy (non-hydrogen) atoms. The van der Waals surface area contributed by atoms with E-state index in [0.29, 0.717) is 25.0 Å². The molecule has 1 fully saturated rings. The lowest BCUT2D eigenvalue weighted by Gasteiger charge is -2.28. The molecule has 2 unspecified atom stereocenters. The number of likely N-dealkylation sites (N-methyl/N-ethyl adjacent to an activating group) is 1. The molecule has 1 saturated carbocycles. The first kappa shape index (κ1) is 16.0. The summed E-state index contributed by atoms with van der Waals surface area (Å²) in [6, 6.07) is 6.50. The maximum absolute atomic E-state index is 12.3.